The van der Waals surface area contributed by atoms with Crippen molar-refractivity contribution in [3.63, 3.8) is 0 Å². The molecule has 6 heteroatoms. The maximum Gasteiger partial charge on any atom is 0.137 e. The molecule has 0 aliphatic heterocycles. The van der Waals surface area contributed by atoms with E-state index in [4.69, 9.17) is 0 Å². The third-order valence-corrected chi connectivity index (χ3v) is 4.24. The molecular weight excluding hydrogens is 445 g/mol. The molecule has 2 nitrogen and oxygen atoms in total. The van der Waals surface area contributed by atoms with E-state index in [0.29, 0.717) is 16.6 Å². The maximum absolute atomic E-state index is 13.1. The van der Waals surface area contributed by atoms with Gasteiger partial charge in [-0.2, -0.15) is 0 Å². The smallest absolute Gasteiger partial charge is 0.137 e. The van der Waals surface area contributed by atoms with Crippen molar-refractivity contribution < 1.29 is 9.50 Å². The number of nitrogens with zero attached hydrogens (tertiary/aromatic N) is 1. The van der Waals surface area contributed by atoms with Crippen LogP contribution in [0.25, 0.3) is 0 Å². The Hall–Kier alpha value is -0.300. The first-order chi connectivity index (χ1) is 8.97. The van der Waals surface area contributed by atoms with Crippen LogP contribution in [0.1, 0.15) is 17.4 Å². The number of pyridine rings is 1. The largest absolute Gasteiger partial charge is 0.386 e. The van der Waals surface area contributed by atoms with Gasteiger partial charge in [-0.15, -0.1) is 0 Å². The number of aliphatic hydroxyl groups excluding tert-OH is 1. The standard InChI is InChI=1S/C13H9Br3FNO/c14-8-5-10(16)13(18-6-8)12(19)4-7-1-2-11(17)9(15)3-7/h1-3,5-6,12,19H,4H2. The third kappa shape index (κ3) is 3.84. The summed E-state index contributed by atoms with van der Waals surface area (Å²) >= 11 is 9.80. The van der Waals surface area contributed by atoms with Crippen molar-refractivity contribution in [3.05, 3.63) is 61.0 Å². The van der Waals surface area contributed by atoms with Crippen LogP contribution in [0.15, 0.2) is 43.9 Å². The lowest BCUT2D eigenvalue weighted by Gasteiger charge is -2.12. The van der Waals surface area contributed by atoms with Crippen molar-refractivity contribution in [3.8, 4) is 0 Å². The molecule has 0 fully saturated rings. The average Bonchev–Trinajstić information content (AvgIpc) is 2.33. The molecule has 0 radical (unpaired) electrons. The Balaban J connectivity index is 2.20. The highest BCUT2D eigenvalue weighted by molar-refractivity contribution is 9.11. The van der Waals surface area contributed by atoms with E-state index in [9.17, 15) is 9.50 Å². The number of aromatic nitrogens is 1. The molecular formula is C13H9Br3FNO. The van der Waals surface area contributed by atoms with Crippen LogP contribution in [-0.4, -0.2) is 10.1 Å². The first-order valence-corrected chi connectivity index (χ1v) is 7.78. The summed E-state index contributed by atoms with van der Waals surface area (Å²) in [5.41, 5.74) is 1.39. The van der Waals surface area contributed by atoms with Gasteiger partial charge in [0.15, 0.2) is 0 Å². The Morgan fingerprint density at radius 1 is 1.16 bits per heavy atom. The molecule has 1 N–H and O–H groups in total. The molecule has 0 amide bonds. The van der Waals surface area contributed by atoms with Gasteiger partial charge in [0, 0.05) is 21.6 Å². The molecule has 0 aliphatic carbocycles. The van der Waals surface area contributed by atoms with E-state index in [1.807, 2.05) is 6.07 Å². The normalized spacial score (nSPS) is 12.5. The van der Waals surface area contributed by atoms with Gasteiger partial charge in [-0.1, -0.05) is 6.07 Å². The molecule has 1 aromatic carbocycles. The van der Waals surface area contributed by atoms with Gasteiger partial charge in [0.05, 0.1) is 10.2 Å². The minimum atomic E-state index is -0.750. The number of benzene rings is 1. The molecule has 0 saturated carbocycles. The Kier molecular flexibility index (Phi) is 5.11. The van der Waals surface area contributed by atoms with E-state index in [-0.39, 0.29) is 5.82 Å². The molecule has 1 heterocycles. The summed E-state index contributed by atoms with van der Waals surface area (Å²) in [6, 6.07) is 6.50. The highest BCUT2D eigenvalue weighted by Crippen LogP contribution is 2.27. The maximum atomic E-state index is 13.1. The van der Waals surface area contributed by atoms with Crippen LogP contribution in [0.2, 0.25) is 0 Å². The molecule has 1 aromatic heterocycles. The fourth-order valence-electron chi connectivity index (χ4n) is 1.66. The van der Waals surface area contributed by atoms with E-state index in [1.54, 1.807) is 18.3 Å². The lowest BCUT2D eigenvalue weighted by Crippen LogP contribution is -2.05. The van der Waals surface area contributed by atoms with Crippen LogP contribution in [0.5, 0.6) is 0 Å². The monoisotopic (exact) mass is 451 g/mol. The molecule has 0 bridgehead atoms. The number of rotatable bonds is 3. The zero-order chi connectivity index (χ0) is 14.0. The Morgan fingerprint density at radius 3 is 2.53 bits per heavy atom. The lowest BCUT2D eigenvalue weighted by atomic mass is 10.1. The van der Waals surface area contributed by atoms with Gasteiger partial charge in [0.1, 0.15) is 11.9 Å². The number of hydrogen-bond donors (Lipinski definition) is 1. The van der Waals surface area contributed by atoms with Gasteiger partial charge in [-0.05, 0) is 71.6 Å². The first-order valence-electron chi connectivity index (χ1n) is 5.40. The fourth-order valence-corrected chi connectivity index (χ4v) is 3.33. The molecule has 1 unspecified atom stereocenters. The highest BCUT2D eigenvalue weighted by Gasteiger charge is 2.14. The second kappa shape index (κ2) is 6.43. The van der Waals surface area contributed by atoms with Crippen LogP contribution < -0.4 is 0 Å². The Labute approximate surface area is 135 Å². The predicted molar refractivity (Wildman–Crippen MR) is 82.4 cm³/mol. The van der Waals surface area contributed by atoms with Crippen molar-refractivity contribution in [1.29, 1.82) is 0 Å². The number of halogens is 4. The zero-order valence-corrected chi connectivity index (χ0v) is 14.3. The third-order valence-electron chi connectivity index (χ3n) is 2.56. The van der Waals surface area contributed by atoms with Gasteiger partial charge in [-0.25, -0.2) is 4.39 Å². The van der Waals surface area contributed by atoms with Gasteiger partial charge in [-0.3, -0.25) is 4.98 Å². The predicted octanol–water partition coefficient (Wildman–Crippen LogP) is 4.78. The Morgan fingerprint density at radius 2 is 1.89 bits per heavy atom. The molecule has 1 atom stereocenters. The van der Waals surface area contributed by atoms with Gasteiger partial charge in [0.25, 0.3) is 0 Å². The van der Waals surface area contributed by atoms with E-state index >= 15 is 0 Å². The summed E-state index contributed by atoms with van der Waals surface area (Å²) in [6.07, 6.45) is 1.25. The quantitative estimate of drug-likeness (QED) is 0.725. The van der Waals surface area contributed by atoms with E-state index in [1.165, 1.54) is 6.07 Å². The number of hydrogen-bond acceptors (Lipinski definition) is 2. The second-order valence-corrected chi connectivity index (χ2v) is 6.61. The molecule has 0 saturated heterocycles. The van der Waals surface area contributed by atoms with Crippen molar-refractivity contribution in [2.24, 2.45) is 0 Å². The minimum Gasteiger partial charge on any atom is -0.386 e. The minimum absolute atomic E-state index is 0.318. The highest BCUT2D eigenvalue weighted by atomic mass is 79.9. The van der Waals surface area contributed by atoms with Crippen LogP contribution in [0, 0.1) is 5.82 Å². The van der Waals surface area contributed by atoms with Crippen LogP contribution >= 0.6 is 47.8 Å². The molecule has 0 aliphatic rings. The molecule has 0 spiro atoms. The summed E-state index contributed by atoms with van der Waals surface area (Å²) < 4.78 is 15.1. The van der Waals surface area contributed by atoms with Crippen molar-refractivity contribution in [2.45, 2.75) is 12.5 Å². The summed E-state index contributed by atoms with van der Waals surface area (Å²) in [5.74, 6) is -0.318. The molecule has 2 aromatic rings. The van der Waals surface area contributed by atoms with E-state index in [0.717, 1.165) is 14.5 Å². The first kappa shape index (κ1) is 15.1. The van der Waals surface area contributed by atoms with Crippen LogP contribution in [0.4, 0.5) is 4.39 Å². The van der Waals surface area contributed by atoms with Crippen LogP contribution in [0.3, 0.4) is 0 Å². The topological polar surface area (TPSA) is 33.1 Å². The lowest BCUT2D eigenvalue weighted by molar-refractivity contribution is 0.172. The Bertz CT molecular complexity index is 606. The van der Waals surface area contributed by atoms with Gasteiger partial charge < -0.3 is 5.11 Å². The average molecular weight is 454 g/mol. The fraction of sp³-hybridized carbons (Fsp3) is 0.154. The summed E-state index contributed by atoms with van der Waals surface area (Å²) in [5, 5.41) is 10.2. The summed E-state index contributed by atoms with van der Waals surface area (Å²) in [6.45, 7) is 0. The SMILES string of the molecule is OC(Cc1ccc(F)c(Br)c1)c1ncc(Br)cc1Br. The second-order valence-electron chi connectivity index (χ2n) is 3.99. The van der Waals surface area contributed by atoms with E-state index < -0.39 is 6.10 Å². The van der Waals surface area contributed by atoms with Crippen molar-refractivity contribution in [2.75, 3.05) is 0 Å². The van der Waals surface area contributed by atoms with Crippen molar-refractivity contribution in [1.82, 2.24) is 4.98 Å². The molecule has 19 heavy (non-hydrogen) atoms. The van der Waals surface area contributed by atoms with E-state index in [2.05, 4.69) is 52.8 Å². The van der Waals surface area contributed by atoms with Crippen LogP contribution in [-0.2, 0) is 6.42 Å². The van der Waals surface area contributed by atoms with Crippen molar-refractivity contribution >= 4 is 47.8 Å². The number of aliphatic hydroxyl groups is 1. The summed E-state index contributed by atoms with van der Waals surface area (Å²) in [7, 11) is 0. The van der Waals surface area contributed by atoms with Gasteiger partial charge >= 0.3 is 0 Å². The molecule has 2 rings (SSSR count). The molecule has 100 valence electrons. The zero-order valence-electron chi connectivity index (χ0n) is 9.58. The van der Waals surface area contributed by atoms with Gasteiger partial charge in [0.2, 0.25) is 0 Å². The summed E-state index contributed by atoms with van der Waals surface area (Å²) in [4.78, 5) is 4.18.